The monoisotopic (exact) mass is 306 g/mol. The van der Waals surface area contributed by atoms with Crippen molar-refractivity contribution in [3.05, 3.63) is 36.0 Å². The van der Waals surface area contributed by atoms with Crippen LogP contribution in [0.15, 0.2) is 36.0 Å². The normalized spacial score (nSPS) is 34.0. The van der Waals surface area contributed by atoms with E-state index in [0.29, 0.717) is 24.0 Å². The number of fused-ring (bicyclic) bond motifs is 1. The fraction of sp³-hybridized carbons (Fsp3) is 0.529. The highest BCUT2D eigenvalue weighted by Gasteiger charge is 2.57. The molecule has 120 valence electrons. The standard InChI is InChI=1S/C17H22O5/c1-7-16(4)9-17(21-6)13(11(3)15(19)22-17)8-12(16)10(2)14(18)20-5/h7,12H,1-2,8-9H2,3-6H3/t12-,16-,17-/m1/s1. The van der Waals surface area contributed by atoms with Crippen LogP contribution >= 0.6 is 0 Å². The minimum absolute atomic E-state index is 0.222. The number of hydrogen-bond acceptors (Lipinski definition) is 5. The molecule has 0 aromatic rings. The van der Waals surface area contributed by atoms with Crippen LogP contribution in [-0.4, -0.2) is 31.9 Å². The van der Waals surface area contributed by atoms with Gasteiger partial charge in [0.05, 0.1) is 7.11 Å². The molecule has 2 aliphatic rings. The van der Waals surface area contributed by atoms with Crippen molar-refractivity contribution < 1.29 is 23.8 Å². The minimum Gasteiger partial charge on any atom is -0.466 e. The lowest BCUT2D eigenvalue weighted by molar-refractivity contribution is -0.210. The number of hydrogen-bond donors (Lipinski definition) is 0. The highest BCUT2D eigenvalue weighted by molar-refractivity contribution is 5.93. The van der Waals surface area contributed by atoms with Gasteiger partial charge in [0.15, 0.2) is 0 Å². The first-order chi connectivity index (χ1) is 10.2. The molecule has 1 aliphatic carbocycles. The van der Waals surface area contributed by atoms with Crippen molar-refractivity contribution in [2.75, 3.05) is 14.2 Å². The molecular weight excluding hydrogens is 284 g/mol. The van der Waals surface area contributed by atoms with Gasteiger partial charge in [0.25, 0.3) is 0 Å². The Labute approximate surface area is 130 Å². The topological polar surface area (TPSA) is 61.8 Å². The lowest BCUT2D eigenvalue weighted by Gasteiger charge is -2.47. The largest absolute Gasteiger partial charge is 0.466 e. The summed E-state index contributed by atoms with van der Waals surface area (Å²) in [5.41, 5.74) is 1.18. The summed E-state index contributed by atoms with van der Waals surface area (Å²) < 4.78 is 15.9. The number of rotatable bonds is 4. The Bertz CT molecular complexity index is 588. The van der Waals surface area contributed by atoms with Crippen molar-refractivity contribution in [1.82, 2.24) is 0 Å². The SMILES string of the molecule is C=C[C@]1(C)C[C@@]2(OC)OC(=O)C(C)=C2C[C@@H]1C(=C)C(=O)OC. The minimum atomic E-state index is -1.07. The molecule has 1 aliphatic heterocycles. The van der Waals surface area contributed by atoms with Crippen LogP contribution in [0.1, 0.15) is 26.7 Å². The smallest absolute Gasteiger partial charge is 0.336 e. The highest BCUT2D eigenvalue weighted by atomic mass is 16.7. The van der Waals surface area contributed by atoms with Gasteiger partial charge in [-0.15, -0.1) is 6.58 Å². The summed E-state index contributed by atoms with van der Waals surface area (Å²) >= 11 is 0. The predicted octanol–water partition coefficient (Wildman–Crippen LogP) is 2.53. The molecule has 22 heavy (non-hydrogen) atoms. The van der Waals surface area contributed by atoms with Gasteiger partial charge in [0, 0.05) is 36.2 Å². The average molecular weight is 306 g/mol. The second-order valence-electron chi connectivity index (χ2n) is 6.11. The molecular formula is C17H22O5. The van der Waals surface area contributed by atoms with E-state index >= 15 is 0 Å². The molecule has 1 fully saturated rings. The molecule has 0 bridgehead atoms. The number of methoxy groups -OCH3 is 2. The number of allylic oxidation sites excluding steroid dienone is 1. The van der Waals surface area contributed by atoms with Gasteiger partial charge in [0.2, 0.25) is 5.79 Å². The van der Waals surface area contributed by atoms with Crippen LogP contribution < -0.4 is 0 Å². The van der Waals surface area contributed by atoms with Gasteiger partial charge in [0.1, 0.15) is 0 Å². The number of esters is 2. The Kier molecular flexibility index (Phi) is 4.04. The van der Waals surface area contributed by atoms with Crippen LogP contribution in [0.4, 0.5) is 0 Å². The van der Waals surface area contributed by atoms with Gasteiger partial charge in [-0.2, -0.15) is 0 Å². The molecule has 5 nitrogen and oxygen atoms in total. The average Bonchev–Trinajstić information content (AvgIpc) is 2.75. The second kappa shape index (κ2) is 5.39. The first-order valence-corrected chi connectivity index (χ1v) is 7.14. The molecule has 1 heterocycles. The fourth-order valence-electron chi connectivity index (χ4n) is 3.46. The first kappa shape index (κ1) is 16.5. The lowest BCUT2D eigenvalue weighted by Crippen LogP contribution is -2.48. The molecule has 5 heteroatoms. The van der Waals surface area contributed by atoms with Gasteiger partial charge in [-0.05, 0) is 18.8 Å². The van der Waals surface area contributed by atoms with E-state index in [-0.39, 0.29) is 11.9 Å². The zero-order valence-corrected chi connectivity index (χ0v) is 13.5. The molecule has 0 radical (unpaired) electrons. The predicted molar refractivity (Wildman–Crippen MR) is 80.7 cm³/mol. The molecule has 0 aromatic carbocycles. The number of ether oxygens (including phenoxy) is 3. The molecule has 3 atom stereocenters. The lowest BCUT2D eigenvalue weighted by atomic mass is 9.61. The number of carbonyl (C=O) groups is 2. The van der Waals surface area contributed by atoms with Gasteiger partial charge >= 0.3 is 11.9 Å². The van der Waals surface area contributed by atoms with Crippen LogP contribution in [0.25, 0.3) is 0 Å². The molecule has 0 amide bonds. The summed E-state index contributed by atoms with van der Waals surface area (Å²) in [5, 5.41) is 0. The van der Waals surface area contributed by atoms with Gasteiger partial charge in [-0.3, -0.25) is 0 Å². The van der Waals surface area contributed by atoms with Crippen molar-refractivity contribution in [2.45, 2.75) is 32.5 Å². The Morgan fingerprint density at radius 1 is 1.45 bits per heavy atom. The molecule has 0 spiro atoms. The zero-order valence-electron chi connectivity index (χ0n) is 13.5. The van der Waals surface area contributed by atoms with Crippen LogP contribution in [0.5, 0.6) is 0 Å². The van der Waals surface area contributed by atoms with E-state index in [9.17, 15) is 9.59 Å². The Morgan fingerprint density at radius 2 is 2.09 bits per heavy atom. The van der Waals surface area contributed by atoms with Crippen molar-refractivity contribution >= 4 is 11.9 Å². The summed E-state index contributed by atoms with van der Waals surface area (Å²) in [4.78, 5) is 23.9. The zero-order chi connectivity index (χ0) is 16.7. The Hall–Kier alpha value is -1.88. The third-order valence-corrected chi connectivity index (χ3v) is 4.96. The van der Waals surface area contributed by atoms with E-state index in [1.54, 1.807) is 13.0 Å². The first-order valence-electron chi connectivity index (χ1n) is 7.14. The highest BCUT2D eigenvalue weighted by Crippen LogP contribution is 2.55. The molecule has 0 saturated heterocycles. The van der Waals surface area contributed by atoms with Crippen molar-refractivity contribution in [3.8, 4) is 0 Å². The Morgan fingerprint density at radius 3 is 2.59 bits per heavy atom. The van der Waals surface area contributed by atoms with Crippen LogP contribution in [-0.2, 0) is 23.8 Å². The molecule has 2 rings (SSSR count). The van der Waals surface area contributed by atoms with Gasteiger partial charge < -0.3 is 14.2 Å². The second-order valence-corrected chi connectivity index (χ2v) is 6.11. The van der Waals surface area contributed by atoms with Crippen LogP contribution in [0.2, 0.25) is 0 Å². The van der Waals surface area contributed by atoms with E-state index < -0.39 is 17.2 Å². The van der Waals surface area contributed by atoms with E-state index in [4.69, 9.17) is 14.2 Å². The third kappa shape index (κ3) is 2.20. The van der Waals surface area contributed by atoms with Crippen LogP contribution in [0.3, 0.4) is 0 Å². The molecule has 0 unspecified atom stereocenters. The summed E-state index contributed by atoms with van der Waals surface area (Å²) in [6, 6.07) is 0. The Balaban J connectivity index is 2.50. The van der Waals surface area contributed by atoms with Crippen LogP contribution in [0, 0.1) is 11.3 Å². The maximum absolute atomic E-state index is 12.0. The number of carbonyl (C=O) groups excluding carboxylic acids is 2. The van der Waals surface area contributed by atoms with E-state index in [1.807, 2.05) is 6.92 Å². The summed E-state index contributed by atoms with van der Waals surface area (Å²) in [7, 11) is 2.85. The third-order valence-electron chi connectivity index (χ3n) is 4.96. The maximum Gasteiger partial charge on any atom is 0.336 e. The molecule has 0 N–H and O–H groups in total. The van der Waals surface area contributed by atoms with Gasteiger partial charge in [-0.25, -0.2) is 9.59 Å². The fourth-order valence-corrected chi connectivity index (χ4v) is 3.46. The van der Waals surface area contributed by atoms with E-state index in [2.05, 4.69) is 13.2 Å². The molecule has 1 saturated carbocycles. The van der Waals surface area contributed by atoms with E-state index in [0.717, 1.165) is 5.57 Å². The van der Waals surface area contributed by atoms with Crippen molar-refractivity contribution in [2.24, 2.45) is 11.3 Å². The van der Waals surface area contributed by atoms with Crippen molar-refractivity contribution in [1.29, 1.82) is 0 Å². The van der Waals surface area contributed by atoms with E-state index in [1.165, 1.54) is 14.2 Å². The maximum atomic E-state index is 12.0. The van der Waals surface area contributed by atoms with Crippen molar-refractivity contribution in [3.63, 3.8) is 0 Å². The summed E-state index contributed by atoms with van der Waals surface area (Å²) in [6.07, 6.45) is 2.60. The summed E-state index contributed by atoms with van der Waals surface area (Å²) in [5.74, 6) is -2.13. The quantitative estimate of drug-likeness (QED) is 0.454. The molecule has 0 aromatic heterocycles. The summed E-state index contributed by atoms with van der Waals surface area (Å²) in [6.45, 7) is 11.4. The van der Waals surface area contributed by atoms with Gasteiger partial charge in [-0.1, -0.05) is 19.6 Å².